The van der Waals surface area contributed by atoms with Crippen LogP contribution >= 0.6 is 0 Å². The summed E-state index contributed by atoms with van der Waals surface area (Å²) in [7, 11) is 0. The second-order valence-electron chi connectivity index (χ2n) is 5.56. The van der Waals surface area contributed by atoms with Crippen molar-refractivity contribution in [3.63, 3.8) is 0 Å². The number of hydrogen-bond acceptors (Lipinski definition) is 2. The summed E-state index contributed by atoms with van der Waals surface area (Å²) in [5.41, 5.74) is 7.80. The van der Waals surface area contributed by atoms with E-state index < -0.39 is 0 Å². The minimum absolute atomic E-state index is 0.0665. The highest BCUT2D eigenvalue weighted by molar-refractivity contribution is 5.97. The largest absolute Gasteiger partial charge is 0.350 e. The molecule has 0 spiro atoms. The normalized spacial score (nSPS) is 11.7. The van der Waals surface area contributed by atoms with Crippen molar-refractivity contribution in [2.75, 3.05) is 6.54 Å². The Labute approximate surface area is 121 Å². The molecule has 0 bridgehead atoms. The Bertz CT molecular complexity index is 524. The Kier molecular flexibility index (Phi) is 6.27. The first-order valence-electron chi connectivity index (χ1n) is 7.04. The Hall–Kier alpha value is -1.79. The Morgan fingerprint density at radius 2 is 2.05 bits per heavy atom. The first kappa shape index (κ1) is 16.3. The third-order valence-corrected chi connectivity index (χ3v) is 2.95. The Morgan fingerprint density at radius 3 is 2.65 bits per heavy atom. The molecule has 1 rings (SSSR count). The number of carbonyl (C=O) groups is 1. The van der Waals surface area contributed by atoms with E-state index in [9.17, 15) is 4.79 Å². The summed E-state index contributed by atoms with van der Waals surface area (Å²) in [5.74, 6) is 6.25. The van der Waals surface area contributed by atoms with Gasteiger partial charge in [-0.05, 0) is 38.3 Å². The fraction of sp³-hybridized carbons (Fsp3) is 0.471. The zero-order valence-corrected chi connectivity index (χ0v) is 12.8. The topological polar surface area (TPSA) is 55.1 Å². The van der Waals surface area contributed by atoms with Crippen LogP contribution in [-0.2, 0) is 0 Å². The number of nitrogens with two attached hydrogens (primary N) is 1. The highest BCUT2D eigenvalue weighted by atomic mass is 16.1. The molecule has 1 unspecified atom stereocenters. The van der Waals surface area contributed by atoms with Gasteiger partial charge in [-0.3, -0.25) is 4.79 Å². The number of amides is 1. The molecular formula is C17H24N2O. The first-order valence-corrected chi connectivity index (χ1v) is 7.04. The van der Waals surface area contributed by atoms with Crippen LogP contribution in [0.25, 0.3) is 0 Å². The van der Waals surface area contributed by atoms with Gasteiger partial charge >= 0.3 is 0 Å². The van der Waals surface area contributed by atoms with Crippen molar-refractivity contribution in [1.29, 1.82) is 0 Å². The summed E-state index contributed by atoms with van der Waals surface area (Å²) in [6, 6.07) is 5.85. The molecule has 1 aromatic rings. The summed E-state index contributed by atoms with van der Waals surface area (Å²) < 4.78 is 0. The van der Waals surface area contributed by atoms with E-state index in [2.05, 4.69) is 31.0 Å². The van der Waals surface area contributed by atoms with Gasteiger partial charge in [-0.2, -0.15) is 0 Å². The van der Waals surface area contributed by atoms with Crippen molar-refractivity contribution < 1.29 is 4.79 Å². The predicted octanol–water partition coefficient (Wildman–Crippen LogP) is 2.47. The van der Waals surface area contributed by atoms with E-state index >= 15 is 0 Å². The van der Waals surface area contributed by atoms with E-state index in [-0.39, 0.29) is 11.9 Å². The van der Waals surface area contributed by atoms with Crippen LogP contribution in [0.2, 0.25) is 0 Å². The molecule has 0 saturated carbocycles. The van der Waals surface area contributed by atoms with Crippen LogP contribution in [0.4, 0.5) is 0 Å². The quantitative estimate of drug-likeness (QED) is 0.827. The number of carbonyl (C=O) groups excluding carboxylic acids is 1. The molecule has 0 radical (unpaired) electrons. The van der Waals surface area contributed by atoms with Crippen molar-refractivity contribution in [2.24, 2.45) is 11.7 Å². The van der Waals surface area contributed by atoms with Gasteiger partial charge < -0.3 is 11.1 Å². The molecule has 0 fully saturated rings. The zero-order valence-electron chi connectivity index (χ0n) is 12.8. The molecular weight excluding hydrogens is 248 g/mol. The Morgan fingerprint density at radius 1 is 1.35 bits per heavy atom. The van der Waals surface area contributed by atoms with Gasteiger partial charge in [0.15, 0.2) is 0 Å². The number of nitrogens with one attached hydrogen (secondary N) is 1. The lowest BCUT2D eigenvalue weighted by molar-refractivity contribution is 0.0936. The van der Waals surface area contributed by atoms with Crippen LogP contribution in [0.15, 0.2) is 18.2 Å². The van der Waals surface area contributed by atoms with Crippen molar-refractivity contribution in [3.8, 4) is 11.8 Å². The van der Waals surface area contributed by atoms with E-state index in [0.717, 1.165) is 17.5 Å². The molecule has 0 aliphatic heterocycles. The molecule has 1 amide bonds. The Balaban J connectivity index is 2.93. The SMILES string of the molecule is Cc1ccc(C#CCN)c(C(=O)NC(C)CC(C)C)c1. The van der Waals surface area contributed by atoms with Crippen molar-refractivity contribution in [2.45, 2.75) is 40.2 Å². The average molecular weight is 272 g/mol. The summed E-state index contributed by atoms with van der Waals surface area (Å²) in [6.07, 6.45) is 0.960. The minimum Gasteiger partial charge on any atom is -0.350 e. The third-order valence-electron chi connectivity index (χ3n) is 2.95. The van der Waals surface area contributed by atoms with E-state index in [0.29, 0.717) is 18.0 Å². The molecule has 0 aromatic heterocycles. The van der Waals surface area contributed by atoms with E-state index in [1.54, 1.807) is 0 Å². The molecule has 108 valence electrons. The lowest BCUT2D eigenvalue weighted by Gasteiger charge is -2.16. The third kappa shape index (κ3) is 5.07. The van der Waals surface area contributed by atoms with E-state index in [4.69, 9.17) is 5.73 Å². The summed E-state index contributed by atoms with van der Waals surface area (Å²) in [4.78, 5) is 12.4. The second kappa shape index (κ2) is 7.72. The number of aryl methyl sites for hydroxylation is 1. The molecule has 0 saturated heterocycles. The fourth-order valence-electron chi connectivity index (χ4n) is 2.17. The van der Waals surface area contributed by atoms with Gasteiger partial charge in [0, 0.05) is 11.6 Å². The van der Waals surface area contributed by atoms with Gasteiger partial charge in [-0.25, -0.2) is 0 Å². The molecule has 0 aliphatic carbocycles. The van der Waals surface area contributed by atoms with Gasteiger partial charge in [-0.15, -0.1) is 0 Å². The van der Waals surface area contributed by atoms with E-state index in [1.165, 1.54) is 0 Å². The van der Waals surface area contributed by atoms with Gasteiger partial charge in [-0.1, -0.05) is 37.3 Å². The van der Waals surface area contributed by atoms with E-state index in [1.807, 2.05) is 32.0 Å². The van der Waals surface area contributed by atoms with Crippen LogP contribution in [-0.4, -0.2) is 18.5 Å². The monoisotopic (exact) mass is 272 g/mol. The fourth-order valence-corrected chi connectivity index (χ4v) is 2.17. The van der Waals surface area contributed by atoms with Crippen molar-refractivity contribution in [3.05, 3.63) is 34.9 Å². The molecule has 3 nitrogen and oxygen atoms in total. The molecule has 20 heavy (non-hydrogen) atoms. The molecule has 3 heteroatoms. The van der Waals surface area contributed by atoms with Gasteiger partial charge in [0.05, 0.1) is 12.1 Å². The van der Waals surface area contributed by atoms with Crippen LogP contribution in [0.5, 0.6) is 0 Å². The van der Waals surface area contributed by atoms with Gasteiger partial charge in [0.2, 0.25) is 0 Å². The number of benzene rings is 1. The lowest BCUT2D eigenvalue weighted by Crippen LogP contribution is -2.34. The summed E-state index contributed by atoms with van der Waals surface area (Å²) >= 11 is 0. The lowest BCUT2D eigenvalue weighted by atomic mass is 10.0. The molecule has 1 atom stereocenters. The number of rotatable bonds is 4. The zero-order chi connectivity index (χ0) is 15.1. The van der Waals surface area contributed by atoms with Gasteiger partial charge in [0.1, 0.15) is 0 Å². The molecule has 0 aliphatic rings. The maximum Gasteiger partial charge on any atom is 0.252 e. The first-order chi connectivity index (χ1) is 9.43. The maximum absolute atomic E-state index is 12.4. The van der Waals surface area contributed by atoms with Crippen LogP contribution < -0.4 is 11.1 Å². The molecule has 1 aromatic carbocycles. The summed E-state index contributed by atoms with van der Waals surface area (Å²) in [6.45, 7) is 8.58. The van der Waals surface area contributed by atoms with Crippen LogP contribution in [0.3, 0.4) is 0 Å². The maximum atomic E-state index is 12.4. The van der Waals surface area contributed by atoms with Gasteiger partial charge in [0.25, 0.3) is 5.91 Å². The minimum atomic E-state index is -0.0665. The highest BCUT2D eigenvalue weighted by Crippen LogP contribution is 2.12. The standard InChI is InChI=1S/C17H24N2O/c1-12(2)10-14(4)19-17(20)16-11-13(3)7-8-15(16)6-5-9-18/h7-8,11-12,14H,9-10,18H2,1-4H3,(H,19,20). The molecule has 3 N–H and O–H groups in total. The van der Waals surface area contributed by atoms with Crippen LogP contribution in [0.1, 0.15) is 48.7 Å². The average Bonchev–Trinajstić information content (AvgIpc) is 2.36. The highest BCUT2D eigenvalue weighted by Gasteiger charge is 2.14. The smallest absolute Gasteiger partial charge is 0.252 e. The molecule has 0 heterocycles. The predicted molar refractivity (Wildman–Crippen MR) is 83.5 cm³/mol. The van der Waals surface area contributed by atoms with Crippen molar-refractivity contribution in [1.82, 2.24) is 5.32 Å². The number of hydrogen-bond donors (Lipinski definition) is 2. The van der Waals surface area contributed by atoms with Crippen LogP contribution in [0, 0.1) is 24.7 Å². The summed E-state index contributed by atoms with van der Waals surface area (Å²) in [5, 5.41) is 3.03. The van der Waals surface area contributed by atoms with Crippen molar-refractivity contribution >= 4 is 5.91 Å². The second-order valence-corrected chi connectivity index (χ2v) is 5.56.